The molecule has 0 saturated carbocycles. The van der Waals surface area contributed by atoms with Crippen LogP contribution in [0, 0.1) is 6.92 Å². The van der Waals surface area contributed by atoms with Crippen LogP contribution in [0.25, 0.3) is 11.5 Å². The smallest absolute Gasteiger partial charge is 0.254 e. The minimum atomic E-state index is -0.127. The van der Waals surface area contributed by atoms with Gasteiger partial charge in [0.1, 0.15) is 5.69 Å². The Labute approximate surface area is 151 Å². The van der Waals surface area contributed by atoms with Gasteiger partial charge < -0.3 is 9.88 Å². The van der Waals surface area contributed by atoms with E-state index in [9.17, 15) is 4.79 Å². The zero-order chi connectivity index (χ0) is 17.9. The van der Waals surface area contributed by atoms with Gasteiger partial charge in [-0.05, 0) is 44.4 Å². The quantitative estimate of drug-likeness (QED) is 0.786. The maximum Gasteiger partial charge on any atom is 0.254 e. The van der Waals surface area contributed by atoms with Gasteiger partial charge in [0.05, 0.1) is 6.04 Å². The molecule has 4 rings (SSSR count). The fourth-order valence-corrected chi connectivity index (χ4v) is 3.37. The van der Waals surface area contributed by atoms with Gasteiger partial charge in [0.2, 0.25) is 0 Å². The number of hydrogen-bond acceptors (Lipinski definition) is 5. The van der Waals surface area contributed by atoms with E-state index < -0.39 is 0 Å². The van der Waals surface area contributed by atoms with E-state index in [0.717, 1.165) is 30.7 Å². The number of aromatic amines is 1. The number of carbonyl (C=O) groups is 1. The number of amides is 1. The molecule has 0 aliphatic carbocycles. The summed E-state index contributed by atoms with van der Waals surface area (Å²) in [6, 6.07) is 5.27. The fourth-order valence-electron chi connectivity index (χ4n) is 3.37. The van der Waals surface area contributed by atoms with Crippen molar-refractivity contribution >= 4 is 5.91 Å². The molecule has 1 amide bonds. The molecule has 7 nitrogen and oxygen atoms in total. The molecule has 3 aromatic rings. The summed E-state index contributed by atoms with van der Waals surface area (Å²) in [6.07, 6.45) is 9.66. The molecule has 1 fully saturated rings. The maximum absolute atomic E-state index is 13.0. The van der Waals surface area contributed by atoms with Gasteiger partial charge in [-0.2, -0.15) is 0 Å². The molecule has 132 valence electrons. The molecule has 4 heterocycles. The number of likely N-dealkylation sites (tertiary alicyclic amines) is 1. The Morgan fingerprint density at radius 1 is 1.19 bits per heavy atom. The normalized spacial score (nSPS) is 17.3. The monoisotopic (exact) mass is 348 g/mol. The van der Waals surface area contributed by atoms with Crippen LogP contribution in [0.3, 0.4) is 0 Å². The van der Waals surface area contributed by atoms with Crippen molar-refractivity contribution in [3.8, 4) is 11.5 Å². The molecule has 26 heavy (non-hydrogen) atoms. The Balaban J connectivity index is 1.69. The third-order valence-corrected chi connectivity index (χ3v) is 4.60. The number of aryl methyl sites for hydroxylation is 1. The van der Waals surface area contributed by atoms with E-state index in [1.54, 1.807) is 36.9 Å². The van der Waals surface area contributed by atoms with E-state index in [1.807, 2.05) is 17.9 Å². The fraction of sp³-hybridized carbons (Fsp3) is 0.316. The number of rotatable bonds is 3. The van der Waals surface area contributed by atoms with E-state index in [2.05, 4.69) is 19.9 Å². The molecule has 1 saturated heterocycles. The lowest BCUT2D eigenvalue weighted by Gasteiger charge is -2.35. The first-order chi connectivity index (χ1) is 12.7. The second-order valence-electron chi connectivity index (χ2n) is 6.44. The van der Waals surface area contributed by atoms with E-state index in [1.165, 1.54) is 0 Å². The number of pyridine rings is 1. The van der Waals surface area contributed by atoms with Crippen LogP contribution in [-0.4, -0.2) is 42.3 Å². The van der Waals surface area contributed by atoms with E-state index >= 15 is 0 Å². The van der Waals surface area contributed by atoms with Crippen molar-refractivity contribution in [3.05, 3.63) is 60.1 Å². The third kappa shape index (κ3) is 3.20. The van der Waals surface area contributed by atoms with Crippen LogP contribution in [0.2, 0.25) is 0 Å². The Morgan fingerprint density at radius 3 is 2.81 bits per heavy atom. The highest BCUT2D eigenvalue weighted by Crippen LogP contribution is 2.31. The number of carbonyl (C=O) groups excluding carboxylic acids is 1. The molecule has 1 atom stereocenters. The summed E-state index contributed by atoms with van der Waals surface area (Å²) < 4.78 is 0. The molecular weight excluding hydrogens is 328 g/mol. The number of imidazole rings is 1. The highest BCUT2D eigenvalue weighted by atomic mass is 16.2. The maximum atomic E-state index is 13.0. The van der Waals surface area contributed by atoms with Crippen LogP contribution in [0.15, 0.2) is 43.0 Å². The SMILES string of the molecule is Cc1cc(-c2ncc[nH]2)nc([C@H]2CCCCN2C(=O)c2ccncc2)n1. The van der Waals surface area contributed by atoms with Crippen molar-refractivity contribution in [2.24, 2.45) is 0 Å². The van der Waals surface area contributed by atoms with Crippen LogP contribution in [0.1, 0.15) is 47.2 Å². The lowest BCUT2D eigenvalue weighted by atomic mass is 10.00. The molecule has 1 aliphatic rings. The summed E-state index contributed by atoms with van der Waals surface area (Å²) in [6.45, 7) is 2.65. The van der Waals surface area contributed by atoms with Crippen molar-refractivity contribution in [2.75, 3.05) is 6.54 Å². The second-order valence-corrected chi connectivity index (χ2v) is 6.44. The minimum absolute atomic E-state index is 0.00162. The lowest BCUT2D eigenvalue weighted by Crippen LogP contribution is -2.39. The number of nitrogens with zero attached hydrogens (tertiary/aromatic N) is 5. The zero-order valence-corrected chi connectivity index (χ0v) is 14.6. The van der Waals surface area contributed by atoms with E-state index in [-0.39, 0.29) is 11.9 Å². The lowest BCUT2D eigenvalue weighted by molar-refractivity contribution is 0.0599. The molecule has 0 bridgehead atoms. The van der Waals surface area contributed by atoms with Crippen molar-refractivity contribution in [1.29, 1.82) is 0 Å². The first-order valence-corrected chi connectivity index (χ1v) is 8.79. The topological polar surface area (TPSA) is 87.7 Å². The van der Waals surface area contributed by atoms with Crippen LogP contribution < -0.4 is 0 Å². The Kier molecular flexibility index (Phi) is 4.43. The zero-order valence-electron chi connectivity index (χ0n) is 14.6. The summed E-state index contributed by atoms with van der Waals surface area (Å²) >= 11 is 0. The van der Waals surface area contributed by atoms with Gasteiger partial charge in [0.15, 0.2) is 11.6 Å². The molecule has 0 unspecified atom stereocenters. The highest BCUT2D eigenvalue weighted by molar-refractivity contribution is 5.94. The predicted molar refractivity (Wildman–Crippen MR) is 96.2 cm³/mol. The molecule has 1 N–H and O–H groups in total. The minimum Gasteiger partial charge on any atom is -0.343 e. The summed E-state index contributed by atoms with van der Waals surface area (Å²) in [5.74, 6) is 1.39. The molecule has 0 radical (unpaired) electrons. The number of piperidine rings is 1. The van der Waals surface area contributed by atoms with Gasteiger partial charge in [-0.3, -0.25) is 9.78 Å². The second kappa shape index (κ2) is 7.03. The van der Waals surface area contributed by atoms with E-state index in [0.29, 0.717) is 23.8 Å². The first kappa shape index (κ1) is 16.4. The van der Waals surface area contributed by atoms with Gasteiger partial charge in [-0.25, -0.2) is 15.0 Å². The first-order valence-electron chi connectivity index (χ1n) is 8.79. The van der Waals surface area contributed by atoms with Gasteiger partial charge in [-0.15, -0.1) is 0 Å². The third-order valence-electron chi connectivity index (χ3n) is 4.60. The summed E-state index contributed by atoms with van der Waals surface area (Å²) in [5.41, 5.74) is 2.26. The van der Waals surface area contributed by atoms with Gasteiger partial charge in [-0.1, -0.05) is 0 Å². The molecule has 3 aromatic heterocycles. The molecule has 1 aliphatic heterocycles. The average molecular weight is 348 g/mol. The van der Waals surface area contributed by atoms with Crippen molar-refractivity contribution in [1.82, 2.24) is 29.8 Å². The van der Waals surface area contributed by atoms with Crippen LogP contribution in [-0.2, 0) is 0 Å². The van der Waals surface area contributed by atoms with Gasteiger partial charge in [0, 0.05) is 42.6 Å². The van der Waals surface area contributed by atoms with Crippen molar-refractivity contribution in [2.45, 2.75) is 32.2 Å². The number of aromatic nitrogens is 5. The molecule has 7 heteroatoms. The van der Waals surface area contributed by atoms with Crippen LogP contribution in [0.5, 0.6) is 0 Å². The van der Waals surface area contributed by atoms with E-state index in [4.69, 9.17) is 4.98 Å². The van der Waals surface area contributed by atoms with Crippen molar-refractivity contribution in [3.63, 3.8) is 0 Å². The number of nitrogens with one attached hydrogen (secondary N) is 1. The molecule has 0 aromatic carbocycles. The Bertz CT molecular complexity index is 894. The predicted octanol–water partition coefficient (Wildman–Crippen LogP) is 2.94. The average Bonchev–Trinajstić information content (AvgIpc) is 3.22. The summed E-state index contributed by atoms with van der Waals surface area (Å²) in [4.78, 5) is 35.6. The van der Waals surface area contributed by atoms with Crippen LogP contribution >= 0.6 is 0 Å². The van der Waals surface area contributed by atoms with Crippen molar-refractivity contribution < 1.29 is 4.79 Å². The number of H-pyrrole nitrogens is 1. The molecule has 0 spiro atoms. The largest absolute Gasteiger partial charge is 0.343 e. The number of hydrogen-bond donors (Lipinski definition) is 1. The highest BCUT2D eigenvalue weighted by Gasteiger charge is 2.31. The Morgan fingerprint density at radius 2 is 2.04 bits per heavy atom. The van der Waals surface area contributed by atoms with Gasteiger partial charge >= 0.3 is 0 Å². The van der Waals surface area contributed by atoms with Crippen LogP contribution in [0.4, 0.5) is 0 Å². The summed E-state index contributed by atoms with van der Waals surface area (Å²) in [7, 11) is 0. The van der Waals surface area contributed by atoms with Gasteiger partial charge in [0.25, 0.3) is 5.91 Å². The molecular formula is C19H20N6O. The standard InChI is InChI=1S/C19H20N6O/c1-13-12-15(17-21-9-10-22-17)24-18(23-13)16-4-2-3-11-25(16)19(26)14-5-7-20-8-6-14/h5-10,12,16H,2-4,11H2,1H3,(H,21,22)/t16-/m1/s1. The Hall–Kier alpha value is -3.09. The summed E-state index contributed by atoms with van der Waals surface area (Å²) in [5, 5.41) is 0.